The molecule has 5 N–H and O–H groups in total. The molecule has 0 saturated carbocycles. The van der Waals surface area contributed by atoms with Gasteiger partial charge in [-0.2, -0.15) is 4.99 Å². The van der Waals surface area contributed by atoms with Gasteiger partial charge in [0, 0.05) is 11.9 Å². The van der Waals surface area contributed by atoms with Gasteiger partial charge < -0.3 is 16.8 Å². The highest BCUT2D eigenvalue weighted by atomic mass is 32.1. The molecular weight excluding hydrogens is 280 g/mol. The molecule has 0 amide bonds. The van der Waals surface area contributed by atoms with Crippen LogP contribution in [0.5, 0.6) is 0 Å². The van der Waals surface area contributed by atoms with Gasteiger partial charge in [0.05, 0.1) is 16.3 Å². The maximum absolute atomic E-state index is 5.34. The summed E-state index contributed by atoms with van der Waals surface area (Å²) in [5.74, 6) is 0.00640. The Morgan fingerprint density at radius 2 is 2.32 bits per heavy atom. The Bertz CT molecular complexity index is 608. The Morgan fingerprint density at radius 3 is 3.00 bits per heavy atom. The van der Waals surface area contributed by atoms with E-state index in [0.717, 1.165) is 21.4 Å². The van der Waals surface area contributed by atoms with E-state index in [1.807, 2.05) is 12.3 Å². The second-order valence-corrected chi connectivity index (χ2v) is 5.49. The van der Waals surface area contributed by atoms with Gasteiger partial charge in [0.25, 0.3) is 0 Å². The fraction of sp³-hybridized carbons (Fsp3) is 0.182. The van der Waals surface area contributed by atoms with Crippen LogP contribution in [0.2, 0.25) is 0 Å². The van der Waals surface area contributed by atoms with Crippen molar-refractivity contribution in [1.82, 2.24) is 9.97 Å². The molecular formula is C11H14N6S2. The predicted octanol–water partition coefficient (Wildman–Crippen LogP) is 2.08. The number of hydrogen-bond acceptors (Lipinski definition) is 6. The molecule has 0 fully saturated rings. The van der Waals surface area contributed by atoms with E-state index in [0.29, 0.717) is 11.7 Å². The molecule has 2 heterocycles. The van der Waals surface area contributed by atoms with E-state index in [1.165, 1.54) is 22.7 Å². The maximum atomic E-state index is 5.34. The Labute approximate surface area is 118 Å². The number of rotatable bonds is 5. The number of hydrogen-bond donors (Lipinski definition) is 3. The molecule has 2 aromatic heterocycles. The van der Waals surface area contributed by atoms with E-state index in [4.69, 9.17) is 11.5 Å². The van der Waals surface area contributed by atoms with E-state index in [9.17, 15) is 0 Å². The van der Waals surface area contributed by atoms with Crippen LogP contribution >= 0.6 is 22.7 Å². The van der Waals surface area contributed by atoms with Gasteiger partial charge in [-0.05, 0) is 6.92 Å². The summed E-state index contributed by atoms with van der Waals surface area (Å²) in [6.45, 7) is 6.25. The molecule has 0 spiro atoms. The standard InChI is InChI=1S/C11H14N6S2/c1-3-4-14-10-16-7(5-18-10)8-6(2)15-11(19-8)17-9(12)13/h3,5H,1,4H2,2H3,(H,14,16)(H4,12,13,15,17). The lowest BCUT2D eigenvalue weighted by atomic mass is 10.3. The van der Waals surface area contributed by atoms with E-state index in [2.05, 4.69) is 26.9 Å². The summed E-state index contributed by atoms with van der Waals surface area (Å²) in [5.41, 5.74) is 12.4. The molecule has 0 aromatic carbocycles. The normalized spacial score (nSPS) is 10.2. The summed E-state index contributed by atoms with van der Waals surface area (Å²) in [7, 11) is 0. The molecule has 0 aliphatic heterocycles. The minimum absolute atomic E-state index is 0.00640. The van der Waals surface area contributed by atoms with Crippen molar-refractivity contribution in [2.24, 2.45) is 16.5 Å². The zero-order chi connectivity index (χ0) is 13.8. The van der Waals surface area contributed by atoms with Crippen LogP contribution in [-0.2, 0) is 0 Å². The van der Waals surface area contributed by atoms with Crippen molar-refractivity contribution in [1.29, 1.82) is 0 Å². The lowest BCUT2D eigenvalue weighted by Gasteiger charge is -1.95. The van der Waals surface area contributed by atoms with Gasteiger partial charge in [-0.15, -0.1) is 17.9 Å². The highest BCUT2D eigenvalue weighted by molar-refractivity contribution is 7.19. The number of nitrogens with zero attached hydrogens (tertiary/aromatic N) is 3. The third-order valence-corrected chi connectivity index (χ3v) is 4.02. The highest BCUT2D eigenvalue weighted by Crippen LogP contribution is 2.35. The number of thiazole rings is 2. The maximum Gasteiger partial charge on any atom is 0.213 e. The average molecular weight is 294 g/mol. The van der Waals surface area contributed by atoms with E-state index >= 15 is 0 Å². The van der Waals surface area contributed by atoms with Gasteiger partial charge in [0.1, 0.15) is 0 Å². The van der Waals surface area contributed by atoms with Crippen LogP contribution in [0.15, 0.2) is 23.0 Å². The summed E-state index contributed by atoms with van der Waals surface area (Å²) >= 11 is 2.96. The van der Waals surface area contributed by atoms with Gasteiger partial charge in [0.15, 0.2) is 11.1 Å². The monoisotopic (exact) mass is 294 g/mol. The van der Waals surface area contributed by atoms with Crippen LogP contribution in [0, 0.1) is 6.92 Å². The van der Waals surface area contributed by atoms with Gasteiger partial charge in [-0.1, -0.05) is 17.4 Å². The van der Waals surface area contributed by atoms with Gasteiger partial charge in [-0.25, -0.2) is 9.97 Å². The summed E-state index contributed by atoms with van der Waals surface area (Å²) in [5, 5.41) is 6.52. The van der Waals surface area contributed by atoms with Crippen molar-refractivity contribution in [2.75, 3.05) is 11.9 Å². The molecule has 0 radical (unpaired) electrons. The molecule has 0 aliphatic carbocycles. The van der Waals surface area contributed by atoms with E-state index < -0.39 is 0 Å². The van der Waals surface area contributed by atoms with Crippen molar-refractivity contribution in [2.45, 2.75) is 6.92 Å². The first-order valence-electron chi connectivity index (χ1n) is 5.48. The summed E-state index contributed by atoms with van der Waals surface area (Å²) < 4.78 is 0. The Kier molecular flexibility index (Phi) is 4.13. The number of anilines is 1. The SMILES string of the molecule is C=CCNc1nc(-c2sc(N=C(N)N)nc2C)cs1. The Balaban J connectivity index is 2.26. The molecule has 19 heavy (non-hydrogen) atoms. The zero-order valence-electron chi connectivity index (χ0n) is 10.4. The van der Waals surface area contributed by atoms with Crippen molar-refractivity contribution < 1.29 is 0 Å². The predicted molar refractivity (Wildman–Crippen MR) is 82.1 cm³/mol. The fourth-order valence-corrected chi connectivity index (χ4v) is 3.10. The van der Waals surface area contributed by atoms with E-state index in [1.54, 1.807) is 6.08 Å². The second kappa shape index (κ2) is 5.81. The van der Waals surface area contributed by atoms with Crippen LogP contribution in [0.3, 0.4) is 0 Å². The minimum atomic E-state index is 0.00640. The molecule has 8 heteroatoms. The van der Waals surface area contributed by atoms with Gasteiger partial charge >= 0.3 is 0 Å². The highest BCUT2D eigenvalue weighted by Gasteiger charge is 2.12. The van der Waals surface area contributed by atoms with Crippen LogP contribution in [-0.4, -0.2) is 22.5 Å². The first-order chi connectivity index (χ1) is 9.10. The summed E-state index contributed by atoms with van der Waals surface area (Å²) in [6, 6.07) is 0. The number of guanidine groups is 1. The first-order valence-corrected chi connectivity index (χ1v) is 7.17. The molecule has 0 bridgehead atoms. The van der Waals surface area contributed by atoms with Crippen molar-refractivity contribution in [3.8, 4) is 10.6 Å². The van der Waals surface area contributed by atoms with Crippen molar-refractivity contribution in [3.63, 3.8) is 0 Å². The van der Waals surface area contributed by atoms with Crippen LogP contribution in [0.1, 0.15) is 5.69 Å². The Hall–Kier alpha value is -1.93. The molecule has 0 atom stereocenters. The zero-order valence-corrected chi connectivity index (χ0v) is 12.0. The Morgan fingerprint density at radius 1 is 1.53 bits per heavy atom. The topological polar surface area (TPSA) is 102 Å². The number of aliphatic imine (C=N–C) groups is 1. The van der Waals surface area contributed by atoms with Crippen LogP contribution in [0.25, 0.3) is 10.6 Å². The lowest BCUT2D eigenvalue weighted by molar-refractivity contribution is 1.23. The number of aryl methyl sites for hydroxylation is 1. The molecule has 0 aliphatic rings. The lowest BCUT2D eigenvalue weighted by Crippen LogP contribution is -2.21. The third-order valence-electron chi connectivity index (χ3n) is 2.14. The first kappa shape index (κ1) is 13.5. The van der Waals surface area contributed by atoms with Crippen molar-refractivity contribution in [3.05, 3.63) is 23.7 Å². The molecule has 0 saturated heterocycles. The summed E-state index contributed by atoms with van der Waals surface area (Å²) in [4.78, 5) is 13.7. The quantitative estimate of drug-likeness (QED) is 0.445. The van der Waals surface area contributed by atoms with Crippen LogP contribution < -0.4 is 16.8 Å². The van der Waals surface area contributed by atoms with E-state index in [-0.39, 0.29) is 5.96 Å². The molecule has 100 valence electrons. The van der Waals surface area contributed by atoms with Crippen LogP contribution in [0.4, 0.5) is 10.3 Å². The van der Waals surface area contributed by atoms with Crippen molar-refractivity contribution >= 4 is 38.9 Å². The number of nitrogens with two attached hydrogens (primary N) is 2. The molecule has 0 unspecified atom stereocenters. The minimum Gasteiger partial charge on any atom is -0.370 e. The summed E-state index contributed by atoms with van der Waals surface area (Å²) in [6.07, 6.45) is 1.79. The smallest absolute Gasteiger partial charge is 0.213 e. The largest absolute Gasteiger partial charge is 0.370 e. The average Bonchev–Trinajstić information content (AvgIpc) is 2.92. The molecule has 2 rings (SSSR count). The number of aromatic nitrogens is 2. The van der Waals surface area contributed by atoms with Gasteiger partial charge in [0.2, 0.25) is 5.13 Å². The fourth-order valence-electron chi connectivity index (χ4n) is 1.40. The van der Waals surface area contributed by atoms with Gasteiger partial charge in [-0.3, -0.25) is 0 Å². The second-order valence-electron chi connectivity index (χ2n) is 3.66. The third kappa shape index (κ3) is 3.30. The number of nitrogens with one attached hydrogen (secondary N) is 1. The molecule has 6 nitrogen and oxygen atoms in total. The molecule has 2 aromatic rings.